The molecule has 0 saturated heterocycles. The van der Waals surface area contributed by atoms with Crippen LogP contribution in [-0.4, -0.2) is 11.5 Å². The van der Waals surface area contributed by atoms with Crippen molar-refractivity contribution < 1.29 is 0 Å². The fourth-order valence-corrected chi connectivity index (χ4v) is 2.27. The van der Waals surface area contributed by atoms with Crippen LogP contribution < -0.4 is 5.32 Å². The monoisotopic (exact) mass is 244 g/mol. The van der Waals surface area contributed by atoms with Gasteiger partial charge in [0, 0.05) is 24.6 Å². The van der Waals surface area contributed by atoms with E-state index in [0.717, 1.165) is 6.54 Å². The summed E-state index contributed by atoms with van der Waals surface area (Å²) in [7, 11) is 0. The first-order chi connectivity index (χ1) is 8.65. The predicted molar refractivity (Wildman–Crippen MR) is 78.2 cm³/mol. The topological polar surface area (TPSA) is 24.9 Å². The maximum Gasteiger partial charge on any atom is 0.0355 e. The van der Waals surface area contributed by atoms with Crippen LogP contribution in [0.3, 0.4) is 0 Å². The van der Waals surface area contributed by atoms with E-state index in [1.54, 1.807) is 12.4 Å². The van der Waals surface area contributed by atoms with Crippen LogP contribution in [-0.2, 0) is 0 Å². The molecule has 0 spiro atoms. The van der Waals surface area contributed by atoms with E-state index in [-0.39, 0.29) is 0 Å². The maximum absolute atomic E-state index is 3.78. The smallest absolute Gasteiger partial charge is 0.0355 e. The van der Waals surface area contributed by atoms with Gasteiger partial charge in [-0.15, -0.1) is 0 Å². The van der Waals surface area contributed by atoms with E-state index in [2.05, 4.69) is 44.1 Å². The quantitative estimate of drug-likeness (QED) is 0.852. The molecule has 98 valence electrons. The second kappa shape index (κ2) is 7.70. The highest BCUT2D eigenvalue weighted by Gasteiger charge is 2.13. The molecule has 1 N–H and O–H groups in total. The van der Waals surface area contributed by atoms with Crippen molar-refractivity contribution in [1.29, 1.82) is 0 Å². The van der Waals surface area contributed by atoms with Crippen molar-refractivity contribution in [1.82, 2.24) is 10.3 Å². The molecule has 18 heavy (non-hydrogen) atoms. The summed E-state index contributed by atoms with van der Waals surface area (Å²) in [5, 5.41) is 3.42. The maximum atomic E-state index is 3.78. The minimum atomic E-state index is 0.715. The van der Waals surface area contributed by atoms with Crippen molar-refractivity contribution in [2.45, 2.75) is 34.1 Å². The molecular formula is C16H24N2. The number of aromatic nitrogens is 1. The molecule has 0 amide bonds. The third-order valence-corrected chi connectivity index (χ3v) is 2.90. The molecule has 2 nitrogen and oxygen atoms in total. The zero-order chi connectivity index (χ0) is 13.4. The van der Waals surface area contributed by atoms with Crippen LogP contribution >= 0.6 is 0 Å². The van der Waals surface area contributed by atoms with Crippen LogP contribution in [0.4, 0.5) is 0 Å². The summed E-state index contributed by atoms with van der Waals surface area (Å²) >= 11 is 0. The van der Waals surface area contributed by atoms with Gasteiger partial charge in [0.15, 0.2) is 0 Å². The molecule has 0 fully saturated rings. The fourth-order valence-electron chi connectivity index (χ4n) is 2.27. The summed E-state index contributed by atoms with van der Waals surface area (Å²) < 4.78 is 0. The third kappa shape index (κ3) is 4.74. The summed E-state index contributed by atoms with van der Waals surface area (Å²) in [6.07, 6.45) is 7.06. The number of rotatable bonds is 2. The van der Waals surface area contributed by atoms with Crippen molar-refractivity contribution in [2.75, 3.05) is 6.54 Å². The number of pyridine rings is 1. The van der Waals surface area contributed by atoms with E-state index < -0.39 is 0 Å². The average molecular weight is 244 g/mol. The van der Waals surface area contributed by atoms with Crippen LogP contribution in [0.1, 0.15) is 34.1 Å². The van der Waals surface area contributed by atoms with Gasteiger partial charge in [-0.3, -0.25) is 4.98 Å². The number of hydrogen-bond donors (Lipinski definition) is 1. The molecule has 0 saturated carbocycles. The number of allylic oxidation sites excluding steroid dienone is 3. The van der Waals surface area contributed by atoms with Crippen LogP contribution in [0.15, 0.2) is 53.5 Å². The Hall–Kier alpha value is -1.57. The summed E-state index contributed by atoms with van der Waals surface area (Å²) in [5.74, 6) is 0.715. The Labute approximate surface area is 111 Å². The molecule has 1 atom stereocenters. The highest BCUT2D eigenvalue weighted by Crippen LogP contribution is 2.26. The number of hydrogen-bond acceptors (Lipinski definition) is 2. The first-order valence-corrected chi connectivity index (χ1v) is 6.62. The molecule has 0 aliphatic heterocycles. The predicted octanol–water partition coefficient (Wildman–Crippen LogP) is 3.94. The van der Waals surface area contributed by atoms with Gasteiger partial charge in [-0.1, -0.05) is 19.1 Å². The minimum absolute atomic E-state index is 0.715. The summed E-state index contributed by atoms with van der Waals surface area (Å²) in [6.45, 7) is 9.86. The average Bonchev–Trinajstić information content (AvgIpc) is 2.36. The Morgan fingerprint density at radius 3 is 2.28 bits per heavy atom. The highest BCUT2D eigenvalue weighted by molar-refractivity contribution is 5.35. The first kappa shape index (κ1) is 14.5. The van der Waals surface area contributed by atoms with Gasteiger partial charge in [0.25, 0.3) is 0 Å². The zero-order valence-corrected chi connectivity index (χ0v) is 11.9. The lowest BCUT2D eigenvalue weighted by Crippen LogP contribution is -2.18. The van der Waals surface area contributed by atoms with Crippen LogP contribution in [0, 0.1) is 5.92 Å². The number of likely N-dealkylation sites (N-methyl/N-ethyl adjacent to an activating group) is 1. The van der Waals surface area contributed by atoms with Gasteiger partial charge in [-0.05, 0) is 56.4 Å². The van der Waals surface area contributed by atoms with E-state index in [4.69, 9.17) is 0 Å². The van der Waals surface area contributed by atoms with Crippen LogP contribution in [0.5, 0.6) is 0 Å². The van der Waals surface area contributed by atoms with E-state index in [1.165, 1.54) is 23.3 Å². The fraction of sp³-hybridized carbons (Fsp3) is 0.438. The van der Waals surface area contributed by atoms with Gasteiger partial charge in [-0.2, -0.15) is 0 Å². The van der Waals surface area contributed by atoms with E-state index in [1.807, 2.05) is 18.2 Å². The van der Waals surface area contributed by atoms with Gasteiger partial charge in [0.05, 0.1) is 0 Å². The molecule has 0 aromatic carbocycles. The van der Waals surface area contributed by atoms with E-state index in [9.17, 15) is 0 Å². The van der Waals surface area contributed by atoms with Gasteiger partial charge < -0.3 is 5.32 Å². The minimum Gasteiger partial charge on any atom is -0.385 e. The summed E-state index contributed by atoms with van der Waals surface area (Å²) in [5.41, 5.74) is 4.29. The van der Waals surface area contributed by atoms with Crippen molar-refractivity contribution in [3.63, 3.8) is 0 Å². The third-order valence-electron chi connectivity index (χ3n) is 2.90. The normalized spacial score (nSPS) is 18.7. The second-order valence-corrected chi connectivity index (χ2v) is 4.74. The summed E-state index contributed by atoms with van der Waals surface area (Å²) in [6, 6.07) is 5.72. The van der Waals surface area contributed by atoms with Crippen molar-refractivity contribution >= 4 is 0 Å². The molecule has 0 bridgehead atoms. The van der Waals surface area contributed by atoms with E-state index in [0.29, 0.717) is 5.92 Å². The summed E-state index contributed by atoms with van der Waals surface area (Å²) in [4.78, 5) is 3.78. The van der Waals surface area contributed by atoms with Gasteiger partial charge in [0.2, 0.25) is 0 Å². The molecule has 1 aromatic rings. The molecule has 1 unspecified atom stereocenters. The van der Waals surface area contributed by atoms with Gasteiger partial charge in [-0.25, -0.2) is 0 Å². The first-order valence-electron chi connectivity index (χ1n) is 6.62. The van der Waals surface area contributed by atoms with Crippen molar-refractivity contribution in [3.8, 4) is 0 Å². The van der Waals surface area contributed by atoms with Crippen molar-refractivity contribution in [2.24, 2.45) is 5.92 Å². The Morgan fingerprint density at radius 2 is 1.89 bits per heavy atom. The largest absolute Gasteiger partial charge is 0.385 e. The SMILES string of the molecule is CCNC1=C(C)CC(C)C=C1C.c1ccncc1. The van der Waals surface area contributed by atoms with Gasteiger partial charge >= 0.3 is 0 Å². The molecule has 2 rings (SSSR count). The molecule has 1 aliphatic rings. The molecule has 0 radical (unpaired) electrons. The number of nitrogens with one attached hydrogen (secondary N) is 1. The van der Waals surface area contributed by atoms with Crippen LogP contribution in [0.2, 0.25) is 0 Å². The lowest BCUT2D eigenvalue weighted by atomic mass is 9.90. The van der Waals surface area contributed by atoms with Crippen molar-refractivity contribution in [3.05, 3.63) is 53.5 Å². The number of nitrogens with zero attached hydrogens (tertiary/aromatic N) is 1. The Bertz CT molecular complexity index is 378. The Kier molecular flexibility index (Phi) is 6.20. The lowest BCUT2D eigenvalue weighted by Gasteiger charge is -2.22. The zero-order valence-electron chi connectivity index (χ0n) is 11.9. The molecule has 1 heterocycles. The standard InChI is InChI=1S/C11H19N.C5H5N/c1-5-12-11-9(3)6-8(2)7-10(11)4;1-2-4-6-5-3-1/h6,8,12H,5,7H2,1-4H3;1-5H. The molecule has 1 aliphatic carbocycles. The van der Waals surface area contributed by atoms with Gasteiger partial charge in [0.1, 0.15) is 0 Å². The lowest BCUT2D eigenvalue weighted by molar-refractivity contribution is 0.670. The molecule has 2 heteroatoms. The van der Waals surface area contributed by atoms with Crippen LogP contribution in [0.25, 0.3) is 0 Å². The molecule has 1 aromatic heterocycles. The Morgan fingerprint density at radius 1 is 1.22 bits per heavy atom. The molecular weight excluding hydrogens is 220 g/mol. The van der Waals surface area contributed by atoms with E-state index >= 15 is 0 Å². The Balaban J connectivity index is 0.000000225. The highest BCUT2D eigenvalue weighted by atomic mass is 14.9. The second-order valence-electron chi connectivity index (χ2n) is 4.74.